The van der Waals surface area contributed by atoms with Gasteiger partial charge in [0.2, 0.25) is 0 Å². The summed E-state index contributed by atoms with van der Waals surface area (Å²) in [6.07, 6.45) is 4.32. The zero-order valence-electron chi connectivity index (χ0n) is 16.8. The molecular weight excluding hydrogens is 395 g/mol. The minimum Gasteiger partial charge on any atom is -0.329 e. The van der Waals surface area contributed by atoms with Gasteiger partial charge in [0.25, 0.3) is 0 Å². The smallest absolute Gasteiger partial charge is 0.329 e. The molecule has 0 amide bonds. The first-order valence-electron chi connectivity index (χ1n) is 9.66. The minimum absolute atomic E-state index is 0.523. The van der Waals surface area contributed by atoms with E-state index in [2.05, 4.69) is 6.92 Å². The van der Waals surface area contributed by atoms with Gasteiger partial charge >= 0.3 is 15.3 Å². The average molecular weight is 431 g/mol. The Hall–Kier alpha value is 0.490. The molecule has 0 saturated heterocycles. The lowest BCUT2D eigenvalue weighted by molar-refractivity contribution is 0.227. The van der Waals surface area contributed by atoms with Gasteiger partial charge in [0.1, 0.15) is 0 Å². The molecule has 1 rings (SSSR count). The van der Waals surface area contributed by atoms with Crippen molar-refractivity contribution in [1.29, 1.82) is 0 Å². The van der Waals surface area contributed by atoms with Crippen LogP contribution in [0.4, 0.5) is 0 Å². The Morgan fingerprint density at radius 3 is 1.46 bits per heavy atom. The highest BCUT2D eigenvalue weighted by molar-refractivity contribution is 7.74. The maximum Gasteiger partial charge on any atom is 0.347 e. The Kier molecular flexibility index (Phi) is 12.9. The van der Waals surface area contributed by atoms with Crippen molar-refractivity contribution in [2.24, 2.45) is 13.5 Å². The van der Waals surface area contributed by atoms with Crippen molar-refractivity contribution < 1.29 is 22.6 Å². The molecule has 1 unspecified atom stereocenters. The van der Waals surface area contributed by atoms with Crippen molar-refractivity contribution in [3.63, 3.8) is 0 Å². The fourth-order valence-corrected chi connectivity index (χ4v) is 10.7. The topological polar surface area (TPSA) is 83.2 Å². The number of nitrogens with zero attached hydrogens (tertiary/aromatic N) is 3. The molecule has 1 atom stereocenters. The monoisotopic (exact) mass is 431 g/mol. The van der Waals surface area contributed by atoms with E-state index in [9.17, 15) is 0 Å². The van der Waals surface area contributed by atoms with Crippen molar-refractivity contribution in [2.75, 3.05) is 33.0 Å². The van der Waals surface area contributed by atoms with Crippen LogP contribution in [0, 0.1) is 0 Å². The number of hydrogen-bond acceptors (Lipinski definition) is 8. The molecular formula is C15H36N3O5P3. The zero-order chi connectivity index (χ0) is 19.3. The normalized spacial score (nSPS) is 20.9. The molecule has 26 heavy (non-hydrogen) atoms. The SMILES string of the molecule is CCCO[PH]1=NP(OCCC)(OCCC)=NP(OCCC)(OCCC)=N1. The van der Waals surface area contributed by atoms with Gasteiger partial charge in [-0.2, -0.15) is 9.03 Å². The highest BCUT2D eigenvalue weighted by Gasteiger charge is 2.35. The van der Waals surface area contributed by atoms with Crippen molar-refractivity contribution in [3.05, 3.63) is 0 Å². The van der Waals surface area contributed by atoms with Crippen LogP contribution in [-0.2, 0) is 22.6 Å². The Morgan fingerprint density at radius 1 is 0.615 bits per heavy atom. The molecule has 11 heteroatoms. The summed E-state index contributed by atoms with van der Waals surface area (Å²) in [6.45, 7) is 12.9. The highest BCUT2D eigenvalue weighted by Crippen LogP contribution is 2.75. The summed E-state index contributed by atoms with van der Waals surface area (Å²) in [7, 11) is -7.58. The van der Waals surface area contributed by atoms with E-state index >= 15 is 0 Å². The molecule has 0 radical (unpaired) electrons. The molecule has 0 bridgehead atoms. The predicted octanol–water partition coefficient (Wildman–Crippen LogP) is 7.25. The third kappa shape index (κ3) is 8.24. The van der Waals surface area contributed by atoms with Gasteiger partial charge in [0, 0.05) is 0 Å². The molecule has 0 saturated carbocycles. The van der Waals surface area contributed by atoms with Gasteiger partial charge in [0.05, 0.1) is 33.0 Å². The van der Waals surface area contributed by atoms with Gasteiger partial charge in [-0.05, 0) is 32.1 Å². The second kappa shape index (κ2) is 13.6. The van der Waals surface area contributed by atoms with E-state index in [0.717, 1.165) is 32.1 Å². The number of hydrogen-bond donors (Lipinski definition) is 0. The highest BCUT2D eigenvalue weighted by atomic mass is 31.3. The average Bonchev–Trinajstić information content (AvgIpc) is 2.66. The van der Waals surface area contributed by atoms with Crippen LogP contribution in [0.25, 0.3) is 0 Å². The summed E-state index contributed by atoms with van der Waals surface area (Å²) >= 11 is 0. The van der Waals surface area contributed by atoms with E-state index < -0.39 is 23.4 Å². The van der Waals surface area contributed by atoms with Gasteiger partial charge in [-0.1, -0.05) is 34.6 Å². The Balaban J connectivity index is 3.37. The molecule has 8 nitrogen and oxygen atoms in total. The van der Waals surface area contributed by atoms with Crippen LogP contribution in [0.15, 0.2) is 13.5 Å². The standard InChI is InChI=1S/C15H36N3O5P3/c1-6-11-19-24-16-25(20-12-7-2,21-13-8-3)18-26(17-24,22-14-9-4)23-15-10-5/h24H,6-15H2,1-5H3. The fourth-order valence-electron chi connectivity index (χ4n) is 1.80. The first-order chi connectivity index (χ1) is 12.6. The summed E-state index contributed by atoms with van der Waals surface area (Å²) < 4.78 is 44.4. The largest absolute Gasteiger partial charge is 0.347 e. The van der Waals surface area contributed by atoms with Crippen LogP contribution in [0.2, 0.25) is 0 Å². The summed E-state index contributed by atoms with van der Waals surface area (Å²) in [4.78, 5) is 0. The lowest BCUT2D eigenvalue weighted by Gasteiger charge is -2.29. The molecule has 1 heterocycles. The summed E-state index contributed by atoms with van der Waals surface area (Å²) in [5, 5.41) is 0. The summed E-state index contributed by atoms with van der Waals surface area (Å²) in [5.74, 6) is 0. The predicted molar refractivity (Wildman–Crippen MR) is 111 cm³/mol. The first kappa shape index (κ1) is 24.5. The van der Waals surface area contributed by atoms with E-state index in [4.69, 9.17) is 36.2 Å². The van der Waals surface area contributed by atoms with Gasteiger partial charge in [0.15, 0.2) is 8.09 Å². The van der Waals surface area contributed by atoms with Crippen LogP contribution in [0.1, 0.15) is 66.7 Å². The lowest BCUT2D eigenvalue weighted by atomic mass is 10.5. The first-order valence-corrected chi connectivity index (χ1v) is 14.0. The van der Waals surface area contributed by atoms with E-state index in [0.29, 0.717) is 33.0 Å². The van der Waals surface area contributed by atoms with Gasteiger partial charge in [-0.25, -0.2) is 0 Å². The van der Waals surface area contributed by atoms with Crippen LogP contribution >= 0.6 is 23.4 Å². The quantitative estimate of drug-likeness (QED) is 0.255. The lowest BCUT2D eigenvalue weighted by Crippen LogP contribution is -2.03. The summed E-state index contributed by atoms with van der Waals surface area (Å²) in [5.41, 5.74) is 0. The Bertz CT molecular complexity index is 499. The second-order valence-corrected chi connectivity index (χ2v) is 11.9. The molecule has 0 aromatic heterocycles. The van der Waals surface area contributed by atoms with E-state index in [1.807, 2.05) is 27.7 Å². The van der Waals surface area contributed by atoms with E-state index in [-0.39, 0.29) is 0 Å². The van der Waals surface area contributed by atoms with E-state index in [1.165, 1.54) is 0 Å². The molecule has 0 fully saturated rings. The third-order valence-corrected chi connectivity index (χ3v) is 10.7. The third-order valence-electron chi connectivity index (χ3n) is 2.94. The van der Waals surface area contributed by atoms with Gasteiger partial charge < -0.3 is 22.6 Å². The molecule has 0 aliphatic carbocycles. The van der Waals surface area contributed by atoms with Crippen molar-refractivity contribution in [3.8, 4) is 0 Å². The molecule has 1 aliphatic rings. The molecule has 0 spiro atoms. The molecule has 0 aromatic carbocycles. The van der Waals surface area contributed by atoms with Crippen molar-refractivity contribution in [1.82, 2.24) is 0 Å². The van der Waals surface area contributed by atoms with Crippen LogP contribution in [0.3, 0.4) is 0 Å². The Morgan fingerprint density at radius 2 is 1.04 bits per heavy atom. The van der Waals surface area contributed by atoms with Crippen LogP contribution < -0.4 is 0 Å². The number of rotatable bonds is 15. The zero-order valence-corrected chi connectivity index (χ0v) is 19.6. The Labute approximate surface area is 159 Å². The molecule has 0 N–H and O–H groups in total. The van der Waals surface area contributed by atoms with Gasteiger partial charge in [-0.15, -0.1) is 4.52 Å². The van der Waals surface area contributed by atoms with Crippen molar-refractivity contribution in [2.45, 2.75) is 66.7 Å². The van der Waals surface area contributed by atoms with Crippen molar-refractivity contribution >= 4 is 23.4 Å². The van der Waals surface area contributed by atoms with Gasteiger partial charge in [-0.3, -0.25) is 0 Å². The van der Waals surface area contributed by atoms with Crippen LogP contribution in [-0.4, -0.2) is 33.0 Å². The van der Waals surface area contributed by atoms with Crippen LogP contribution in [0.5, 0.6) is 0 Å². The fraction of sp³-hybridized carbons (Fsp3) is 1.00. The maximum absolute atomic E-state index is 6.06. The minimum atomic E-state index is -2.85. The summed E-state index contributed by atoms with van der Waals surface area (Å²) in [6, 6.07) is 0. The maximum atomic E-state index is 6.06. The van der Waals surface area contributed by atoms with E-state index in [1.54, 1.807) is 0 Å². The second-order valence-electron chi connectivity index (χ2n) is 5.73. The molecule has 156 valence electrons. The molecule has 0 aromatic rings. The molecule has 1 aliphatic heterocycles.